The van der Waals surface area contributed by atoms with E-state index in [0.29, 0.717) is 16.3 Å². The van der Waals surface area contributed by atoms with E-state index < -0.39 is 12.0 Å². The van der Waals surface area contributed by atoms with Gasteiger partial charge in [-0.3, -0.25) is 4.79 Å². The first-order chi connectivity index (χ1) is 9.99. The van der Waals surface area contributed by atoms with Crippen molar-refractivity contribution < 1.29 is 14.4 Å². The number of rotatable bonds is 5. The van der Waals surface area contributed by atoms with Crippen LogP contribution in [0, 0.1) is 0 Å². The molecule has 2 aromatic rings. The summed E-state index contributed by atoms with van der Waals surface area (Å²) >= 11 is 5.99. The normalized spacial score (nSPS) is 12.4. The van der Waals surface area contributed by atoms with E-state index in [2.05, 4.69) is 10.5 Å². The highest BCUT2D eigenvalue weighted by atomic mass is 35.5. The Morgan fingerprint density at radius 3 is 2.76 bits per heavy atom. The smallest absolute Gasteiger partial charge is 0.273 e. The average Bonchev–Trinajstić information content (AvgIpc) is 2.95. The summed E-state index contributed by atoms with van der Waals surface area (Å²) in [5.74, 6) is 0.413. The number of aliphatic hydroxyl groups is 1. The average molecular weight is 309 g/mol. The third kappa shape index (κ3) is 3.83. The van der Waals surface area contributed by atoms with E-state index in [1.54, 1.807) is 30.3 Å². The topological polar surface area (TPSA) is 75.4 Å². The highest BCUT2D eigenvalue weighted by Crippen LogP contribution is 2.22. The molecule has 112 valence electrons. The maximum absolute atomic E-state index is 11.9. The molecule has 0 saturated heterocycles. The van der Waals surface area contributed by atoms with E-state index in [1.165, 1.54) is 0 Å². The van der Waals surface area contributed by atoms with Crippen LogP contribution in [-0.4, -0.2) is 22.7 Å². The van der Waals surface area contributed by atoms with Crippen LogP contribution < -0.4 is 5.32 Å². The molecular weight excluding hydrogens is 292 g/mol. The fourth-order valence-corrected chi connectivity index (χ4v) is 2.07. The molecular formula is C15H17ClN2O3. The molecule has 0 radical (unpaired) electrons. The Kier molecular flexibility index (Phi) is 4.98. The molecule has 1 unspecified atom stereocenters. The number of hydrogen-bond acceptors (Lipinski definition) is 4. The Morgan fingerprint density at radius 2 is 2.14 bits per heavy atom. The van der Waals surface area contributed by atoms with Crippen molar-refractivity contribution in [1.29, 1.82) is 0 Å². The number of nitrogens with one attached hydrogen (secondary N) is 1. The maximum Gasteiger partial charge on any atom is 0.273 e. The minimum atomic E-state index is -0.876. The molecule has 0 saturated carbocycles. The predicted octanol–water partition coefficient (Wildman–Crippen LogP) is 2.91. The highest BCUT2D eigenvalue weighted by molar-refractivity contribution is 6.31. The number of carbonyl (C=O) groups is 1. The molecule has 1 aromatic carbocycles. The van der Waals surface area contributed by atoms with Crippen LogP contribution in [0.5, 0.6) is 0 Å². The molecule has 2 N–H and O–H groups in total. The van der Waals surface area contributed by atoms with E-state index in [9.17, 15) is 9.90 Å². The molecule has 1 atom stereocenters. The summed E-state index contributed by atoms with van der Waals surface area (Å²) in [5.41, 5.74) is 0.771. The Hall–Kier alpha value is -1.85. The maximum atomic E-state index is 11.9. The number of aromatic nitrogens is 1. The standard InChI is InChI=1S/C15H17ClN2O3/c1-9(2)14-7-12(18-21-14)15(20)17-8-13(19)10-5-3-4-6-11(10)16/h3-7,9,13,19H,8H2,1-2H3,(H,17,20). The zero-order valence-electron chi connectivity index (χ0n) is 11.8. The van der Waals surface area contributed by atoms with Crippen molar-refractivity contribution in [2.45, 2.75) is 25.9 Å². The molecule has 5 nitrogen and oxygen atoms in total. The first kappa shape index (κ1) is 15.5. The van der Waals surface area contributed by atoms with E-state index in [0.717, 1.165) is 0 Å². The van der Waals surface area contributed by atoms with Crippen molar-refractivity contribution in [1.82, 2.24) is 10.5 Å². The Labute approximate surface area is 127 Å². The Balaban J connectivity index is 1.96. The lowest BCUT2D eigenvalue weighted by Crippen LogP contribution is -2.28. The number of hydrogen-bond donors (Lipinski definition) is 2. The van der Waals surface area contributed by atoms with Gasteiger partial charge in [0, 0.05) is 29.1 Å². The van der Waals surface area contributed by atoms with Crippen molar-refractivity contribution in [2.75, 3.05) is 6.54 Å². The molecule has 0 spiro atoms. The molecule has 0 fully saturated rings. The zero-order valence-corrected chi connectivity index (χ0v) is 12.6. The Bertz CT molecular complexity index is 625. The molecule has 6 heteroatoms. The summed E-state index contributed by atoms with van der Waals surface area (Å²) < 4.78 is 5.06. The second-order valence-corrected chi connectivity index (χ2v) is 5.42. The molecule has 0 aliphatic rings. The summed E-state index contributed by atoms with van der Waals surface area (Å²) in [6.45, 7) is 3.94. The summed E-state index contributed by atoms with van der Waals surface area (Å²) in [4.78, 5) is 11.9. The van der Waals surface area contributed by atoms with Crippen LogP contribution in [0.15, 0.2) is 34.9 Å². The van der Waals surface area contributed by atoms with Gasteiger partial charge in [0.15, 0.2) is 5.69 Å². The number of benzene rings is 1. The lowest BCUT2D eigenvalue weighted by molar-refractivity contribution is 0.0907. The van der Waals surface area contributed by atoms with E-state index in [1.807, 2.05) is 13.8 Å². The molecule has 21 heavy (non-hydrogen) atoms. The van der Waals surface area contributed by atoms with Gasteiger partial charge in [0.25, 0.3) is 5.91 Å². The van der Waals surface area contributed by atoms with E-state index in [4.69, 9.17) is 16.1 Å². The van der Waals surface area contributed by atoms with E-state index in [-0.39, 0.29) is 18.2 Å². The summed E-state index contributed by atoms with van der Waals surface area (Å²) in [5, 5.41) is 16.8. The third-order valence-electron chi connectivity index (χ3n) is 3.05. The minimum Gasteiger partial charge on any atom is -0.387 e. The first-order valence-electron chi connectivity index (χ1n) is 6.66. The fraction of sp³-hybridized carbons (Fsp3) is 0.333. The number of amides is 1. The Morgan fingerprint density at radius 1 is 1.43 bits per heavy atom. The van der Waals surface area contributed by atoms with E-state index >= 15 is 0 Å². The van der Waals surface area contributed by atoms with Crippen molar-refractivity contribution in [3.8, 4) is 0 Å². The largest absolute Gasteiger partial charge is 0.387 e. The van der Waals surface area contributed by atoms with Gasteiger partial charge < -0.3 is 14.9 Å². The van der Waals surface area contributed by atoms with Gasteiger partial charge >= 0.3 is 0 Å². The molecule has 1 heterocycles. The molecule has 1 amide bonds. The number of carbonyl (C=O) groups excluding carboxylic acids is 1. The summed E-state index contributed by atoms with van der Waals surface area (Å²) in [6.07, 6.45) is -0.876. The lowest BCUT2D eigenvalue weighted by atomic mass is 10.1. The quantitative estimate of drug-likeness (QED) is 0.890. The summed E-state index contributed by atoms with van der Waals surface area (Å²) in [6, 6.07) is 8.56. The second kappa shape index (κ2) is 6.74. The fourth-order valence-electron chi connectivity index (χ4n) is 1.80. The number of aliphatic hydroxyl groups excluding tert-OH is 1. The van der Waals surface area contributed by atoms with Gasteiger partial charge in [0.05, 0.1) is 6.10 Å². The zero-order chi connectivity index (χ0) is 15.4. The van der Waals surface area contributed by atoms with Crippen molar-refractivity contribution >= 4 is 17.5 Å². The second-order valence-electron chi connectivity index (χ2n) is 5.02. The minimum absolute atomic E-state index is 0.0481. The molecule has 0 aliphatic heterocycles. The van der Waals surface area contributed by atoms with Crippen LogP contribution in [0.1, 0.15) is 47.7 Å². The molecule has 0 aliphatic carbocycles. The first-order valence-corrected chi connectivity index (χ1v) is 7.04. The van der Waals surface area contributed by atoms with Gasteiger partial charge in [-0.05, 0) is 6.07 Å². The van der Waals surface area contributed by atoms with Crippen LogP contribution in [0.4, 0.5) is 0 Å². The highest BCUT2D eigenvalue weighted by Gasteiger charge is 2.17. The van der Waals surface area contributed by atoms with Gasteiger partial charge in [-0.15, -0.1) is 0 Å². The van der Waals surface area contributed by atoms with Crippen LogP contribution in [-0.2, 0) is 0 Å². The predicted molar refractivity (Wildman–Crippen MR) is 79.3 cm³/mol. The summed E-state index contributed by atoms with van der Waals surface area (Å²) in [7, 11) is 0. The SMILES string of the molecule is CC(C)c1cc(C(=O)NCC(O)c2ccccc2Cl)no1. The van der Waals surface area contributed by atoms with Crippen LogP contribution in [0.25, 0.3) is 0 Å². The van der Waals surface area contributed by atoms with Gasteiger partial charge in [-0.2, -0.15) is 0 Å². The van der Waals surface area contributed by atoms with Crippen LogP contribution in [0.3, 0.4) is 0 Å². The lowest BCUT2D eigenvalue weighted by Gasteiger charge is -2.12. The van der Waals surface area contributed by atoms with Gasteiger partial charge in [0.2, 0.25) is 0 Å². The molecule has 1 aromatic heterocycles. The molecule has 2 rings (SSSR count). The van der Waals surface area contributed by atoms with Crippen molar-refractivity contribution in [3.05, 3.63) is 52.4 Å². The van der Waals surface area contributed by atoms with Crippen LogP contribution in [0.2, 0.25) is 5.02 Å². The third-order valence-corrected chi connectivity index (χ3v) is 3.39. The van der Waals surface area contributed by atoms with Gasteiger partial charge in [-0.25, -0.2) is 0 Å². The van der Waals surface area contributed by atoms with Gasteiger partial charge in [-0.1, -0.05) is 48.8 Å². The van der Waals surface area contributed by atoms with Crippen molar-refractivity contribution in [3.63, 3.8) is 0 Å². The van der Waals surface area contributed by atoms with Gasteiger partial charge in [0.1, 0.15) is 5.76 Å². The number of halogens is 1. The van der Waals surface area contributed by atoms with Crippen molar-refractivity contribution in [2.24, 2.45) is 0 Å². The molecule has 0 bridgehead atoms. The number of nitrogens with zero attached hydrogens (tertiary/aromatic N) is 1. The monoisotopic (exact) mass is 308 g/mol. The van der Waals surface area contributed by atoms with Crippen LogP contribution >= 0.6 is 11.6 Å².